The third kappa shape index (κ3) is 6.14. The first-order valence-corrected chi connectivity index (χ1v) is 11.0. The van der Waals surface area contributed by atoms with Gasteiger partial charge in [0.2, 0.25) is 5.91 Å². The Morgan fingerprint density at radius 1 is 1.00 bits per heavy atom. The summed E-state index contributed by atoms with van der Waals surface area (Å²) in [7, 11) is 0. The van der Waals surface area contributed by atoms with E-state index in [9.17, 15) is 9.18 Å². The first kappa shape index (κ1) is 22.5. The van der Waals surface area contributed by atoms with Crippen LogP contribution in [-0.2, 0) is 11.3 Å². The van der Waals surface area contributed by atoms with Crippen LogP contribution in [0.3, 0.4) is 0 Å². The number of amides is 1. The number of carbonyl (C=O) groups excluding carboxylic acids is 1. The van der Waals surface area contributed by atoms with Crippen molar-refractivity contribution in [1.29, 1.82) is 0 Å². The second-order valence-corrected chi connectivity index (χ2v) is 9.55. The largest absolute Gasteiger partial charge is 0.339 e. The topological polar surface area (TPSA) is 30.0 Å². The normalized spacial score (nSPS) is 20.7. The summed E-state index contributed by atoms with van der Waals surface area (Å²) >= 11 is 6.15. The summed E-state index contributed by atoms with van der Waals surface area (Å²) in [4.78, 5) is 21.7. The Labute approximate surface area is 179 Å². The quantitative estimate of drug-likeness (QED) is 0.743. The number of halogens is 2. The van der Waals surface area contributed by atoms with Crippen molar-refractivity contribution in [2.24, 2.45) is 0 Å². The molecule has 0 spiro atoms. The van der Waals surface area contributed by atoms with Gasteiger partial charge in [0, 0.05) is 61.9 Å². The Hall–Kier alpha value is -1.21. The second kappa shape index (κ2) is 9.73. The number of hydrogen-bond donors (Lipinski definition) is 0. The summed E-state index contributed by atoms with van der Waals surface area (Å²) in [5.74, 6) is -0.0562. The van der Waals surface area contributed by atoms with Gasteiger partial charge in [0.15, 0.2) is 0 Å². The molecule has 0 aromatic heterocycles. The van der Waals surface area contributed by atoms with E-state index in [4.69, 9.17) is 11.6 Å². The van der Waals surface area contributed by atoms with Crippen LogP contribution in [0.15, 0.2) is 18.2 Å². The highest BCUT2D eigenvalue weighted by Crippen LogP contribution is 2.21. The van der Waals surface area contributed by atoms with Crippen molar-refractivity contribution >= 4 is 17.5 Å². The highest BCUT2D eigenvalue weighted by Gasteiger charge is 2.27. The zero-order valence-electron chi connectivity index (χ0n) is 18.0. The number of piperazine rings is 1. The molecule has 1 amide bonds. The fourth-order valence-corrected chi connectivity index (χ4v) is 4.38. The minimum absolute atomic E-state index is 0.178. The molecule has 1 aromatic carbocycles. The Bertz CT molecular complexity index is 680. The van der Waals surface area contributed by atoms with E-state index in [-0.39, 0.29) is 17.3 Å². The van der Waals surface area contributed by atoms with Gasteiger partial charge >= 0.3 is 0 Å². The zero-order chi connectivity index (χ0) is 21.0. The van der Waals surface area contributed by atoms with Crippen LogP contribution < -0.4 is 0 Å². The molecule has 2 fully saturated rings. The number of nitrogens with zero attached hydrogens (tertiary/aromatic N) is 4. The van der Waals surface area contributed by atoms with Crippen molar-refractivity contribution in [1.82, 2.24) is 19.6 Å². The van der Waals surface area contributed by atoms with Crippen molar-refractivity contribution in [3.63, 3.8) is 0 Å². The molecule has 2 aliphatic rings. The van der Waals surface area contributed by atoms with Crippen LogP contribution in [0.5, 0.6) is 0 Å². The number of hydrogen-bond acceptors (Lipinski definition) is 4. The molecule has 0 unspecified atom stereocenters. The molecule has 5 nitrogen and oxygen atoms in total. The minimum atomic E-state index is -0.263. The number of benzene rings is 1. The van der Waals surface area contributed by atoms with Crippen LogP contribution in [0, 0.1) is 5.82 Å². The molecule has 0 N–H and O–H groups in total. The monoisotopic (exact) mass is 424 g/mol. The van der Waals surface area contributed by atoms with Gasteiger partial charge in [0.05, 0.1) is 6.54 Å². The molecule has 0 aliphatic carbocycles. The maximum absolute atomic E-state index is 14.0. The first-order chi connectivity index (χ1) is 13.7. The van der Waals surface area contributed by atoms with E-state index in [2.05, 4.69) is 35.5 Å². The molecular weight excluding hydrogens is 391 g/mol. The zero-order valence-corrected chi connectivity index (χ0v) is 18.7. The summed E-state index contributed by atoms with van der Waals surface area (Å²) in [5, 5.41) is 0.467. The number of carbonyl (C=O) groups is 1. The van der Waals surface area contributed by atoms with Gasteiger partial charge in [-0.05, 0) is 52.4 Å². The molecule has 0 atom stereocenters. The van der Waals surface area contributed by atoms with Gasteiger partial charge in [0.1, 0.15) is 5.82 Å². The highest BCUT2D eigenvalue weighted by molar-refractivity contribution is 6.31. The van der Waals surface area contributed by atoms with Crippen molar-refractivity contribution < 1.29 is 9.18 Å². The Kier molecular flexibility index (Phi) is 7.54. The van der Waals surface area contributed by atoms with Crippen LogP contribution in [0.1, 0.15) is 32.8 Å². The van der Waals surface area contributed by atoms with Gasteiger partial charge in [-0.25, -0.2) is 4.39 Å². The van der Waals surface area contributed by atoms with Crippen molar-refractivity contribution in [3.8, 4) is 0 Å². The fourth-order valence-electron chi connectivity index (χ4n) is 4.15. The van der Waals surface area contributed by atoms with Gasteiger partial charge < -0.3 is 4.90 Å². The van der Waals surface area contributed by atoms with E-state index in [1.54, 1.807) is 12.1 Å². The van der Waals surface area contributed by atoms with Crippen LogP contribution in [0.4, 0.5) is 4.39 Å². The lowest BCUT2D eigenvalue weighted by Crippen LogP contribution is -2.51. The molecule has 2 heterocycles. The summed E-state index contributed by atoms with van der Waals surface area (Å²) in [6.07, 6.45) is 1.10. The Balaban J connectivity index is 1.45. The number of rotatable bonds is 4. The molecule has 29 heavy (non-hydrogen) atoms. The summed E-state index contributed by atoms with van der Waals surface area (Å²) in [6, 6.07) is 4.80. The molecule has 0 saturated carbocycles. The van der Waals surface area contributed by atoms with Crippen molar-refractivity contribution in [2.45, 2.75) is 39.3 Å². The lowest BCUT2D eigenvalue weighted by Gasteiger charge is -2.36. The van der Waals surface area contributed by atoms with Gasteiger partial charge in [-0.15, -0.1) is 0 Å². The predicted molar refractivity (Wildman–Crippen MR) is 116 cm³/mol. The van der Waals surface area contributed by atoms with Crippen molar-refractivity contribution in [3.05, 3.63) is 34.6 Å². The molecule has 0 radical (unpaired) electrons. The molecule has 2 saturated heterocycles. The lowest BCUT2D eigenvalue weighted by atomic mass is 10.1. The van der Waals surface area contributed by atoms with Crippen LogP contribution >= 0.6 is 11.6 Å². The lowest BCUT2D eigenvalue weighted by molar-refractivity contribution is -0.134. The van der Waals surface area contributed by atoms with E-state index in [0.29, 0.717) is 36.8 Å². The van der Waals surface area contributed by atoms with Gasteiger partial charge in [-0.1, -0.05) is 17.7 Å². The molecule has 7 heteroatoms. The molecular formula is C22H34ClFN4O. The van der Waals surface area contributed by atoms with Gasteiger partial charge in [-0.2, -0.15) is 0 Å². The summed E-state index contributed by atoms with van der Waals surface area (Å²) in [6.45, 7) is 14.6. The van der Waals surface area contributed by atoms with Crippen LogP contribution in [-0.4, -0.2) is 89.9 Å². The Morgan fingerprint density at radius 2 is 1.69 bits per heavy atom. The van der Waals surface area contributed by atoms with E-state index in [0.717, 1.165) is 45.7 Å². The fraction of sp³-hybridized carbons (Fsp3) is 0.682. The average Bonchev–Trinajstić information content (AvgIpc) is 2.91. The molecule has 0 bridgehead atoms. The smallest absolute Gasteiger partial charge is 0.236 e. The van der Waals surface area contributed by atoms with E-state index < -0.39 is 0 Å². The van der Waals surface area contributed by atoms with Crippen LogP contribution in [0.25, 0.3) is 0 Å². The summed E-state index contributed by atoms with van der Waals surface area (Å²) in [5.41, 5.74) is 0.721. The van der Waals surface area contributed by atoms with Crippen LogP contribution in [0.2, 0.25) is 5.02 Å². The van der Waals surface area contributed by atoms with Gasteiger partial charge in [0.25, 0.3) is 0 Å². The SMILES string of the molecule is CC(C)(C)N1CCCN(CC(=O)N2CCN(Cc3c(F)cccc3Cl)CC2)CC1. The van der Waals surface area contributed by atoms with E-state index in [1.165, 1.54) is 6.07 Å². The average molecular weight is 425 g/mol. The molecule has 3 rings (SSSR count). The van der Waals surface area contributed by atoms with E-state index in [1.807, 2.05) is 4.90 Å². The third-order valence-electron chi connectivity index (χ3n) is 6.06. The maximum Gasteiger partial charge on any atom is 0.236 e. The Morgan fingerprint density at radius 3 is 2.34 bits per heavy atom. The maximum atomic E-state index is 14.0. The minimum Gasteiger partial charge on any atom is -0.339 e. The second-order valence-electron chi connectivity index (χ2n) is 9.14. The van der Waals surface area contributed by atoms with Gasteiger partial charge in [-0.3, -0.25) is 19.5 Å². The summed E-state index contributed by atoms with van der Waals surface area (Å²) < 4.78 is 14.0. The molecule has 2 aliphatic heterocycles. The molecule has 162 valence electrons. The third-order valence-corrected chi connectivity index (χ3v) is 6.42. The first-order valence-electron chi connectivity index (χ1n) is 10.6. The highest BCUT2D eigenvalue weighted by atomic mass is 35.5. The standard InChI is InChI=1S/C22H34ClFN4O/c1-22(2,3)28-9-5-8-25(12-15-28)17-21(29)27-13-10-26(11-14-27)16-18-19(23)6-4-7-20(18)24/h4,6-7H,5,8-17H2,1-3H3. The predicted octanol–water partition coefficient (Wildman–Crippen LogP) is 2.93. The molecule has 1 aromatic rings. The van der Waals surface area contributed by atoms with E-state index >= 15 is 0 Å². The van der Waals surface area contributed by atoms with Crippen molar-refractivity contribution in [2.75, 3.05) is 58.9 Å².